The molecule has 4 aromatic heterocycles. The van der Waals surface area contributed by atoms with E-state index in [0.717, 1.165) is 0 Å². The molecule has 7 heterocycles. The average molecular weight is 2020 g/mol. The van der Waals surface area contributed by atoms with Crippen molar-refractivity contribution in [2.45, 2.75) is 99.0 Å². The lowest BCUT2D eigenvalue weighted by molar-refractivity contribution is -0.162. The Balaban J connectivity index is 1.49. The molecule has 0 radical (unpaired) electrons. The van der Waals surface area contributed by atoms with Crippen molar-refractivity contribution in [3.05, 3.63) is 56.4 Å². The van der Waals surface area contributed by atoms with Gasteiger partial charge in [0.25, 0.3) is 5.56 Å². The summed E-state index contributed by atoms with van der Waals surface area (Å²) in [7, 11) is -5.46. The molecule has 3 atom stereocenters. The molecule has 0 aliphatic carbocycles. The maximum absolute atomic E-state index is 14.9. The molecule has 0 unspecified atom stereocenters. The van der Waals surface area contributed by atoms with Gasteiger partial charge >= 0.3 is 87.6 Å². The number of nitrogens with zero attached hydrogens (tertiary/aromatic N) is 7. The van der Waals surface area contributed by atoms with E-state index in [1.807, 2.05) is 9.97 Å². The number of phosphoric ester groups is 1. The van der Waals surface area contributed by atoms with Gasteiger partial charge in [-0.25, -0.2) is 39.3 Å². The van der Waals surface area contributed by atoms with E-state index in [1.165, 1.54) is 0 Å². The van der Waals surface area contributed by atoms with E-state index in [9.17, 15) is 187 Å². The van der Waals surface area contributed by atoms with Crippen molar-refractivity contribution >= 4 is 52.0 Å². The number of H-pyrrole nitrogens is 3. The number of aliphatic hydroxyl groups is 1. The lowest BCUT2D eigenvalue weighted by atomic mass is 10.0. The number of aromatic amines is 3. The zero-order chi connectivity index (χ0) is 99.7. The largest absolute Gasteiger partial charge is 0.479 e. The number of nitrogens with one attached hydrogen (secondary N) is 3. The third-order valence-corrected chi connectivity index (χ3v) is 17.0. The second-order valence-electron chi connectivity index (χ2n) is 27.1. The molecule has 67 heteroatoms. The van der Waals surface area contributed by atoms with Gasteiger partial charge in [0.2, 0.25) is 34.5 Å². The monoisotopic (exact) mass is 2020 g/mol. The van der Waals surface area contributed by atoms with E-state index < -0.39 is 374 Å². The summed E-state index contributed by atoms with van der Waals surface area (Å²) in [5.41, 5.74) is -19.1. The molecule has 3 aliphatic rings. The van der Waals surface area contributed by atoms with Crippen LogP contribution in [0.25, 0.3) is 89.7 Å². The van der Waals surface area contributed by atoms with Crippen LogP contribution in [-0.2, 0) is 13.8 Å². The molecule has 30 nitrogen and oxygen atoms in total. The normalized spacial score (nSPS) is 15.6. The van der Waals surface area contributed by atoms with Crippen molar-refractivity contribution in [2.75, 3.05) is 85.9 Å². The third kappa shape index (κ3) is 26.4. The van der Waals surface area contributed by atoms with E-state index in [0.29, 0.717) is 29.0 Å². The highest BCUT2D eigenvalue weighted by atomic mass is 31.2. The van der Waals surface area contributed by atoms with Crippen LogP contribution in [0.2, 0.25) is 0 Å². The van der Waals surface area contributed by atoms with Crippen molar-refractivity contribution in [2.24, 2.45) is 0 Å². The predicted octanol–water partition coefficient (Wildman–Crippen LogP) is 16.2. The fraction of sp³-hybridized carbons (Fsp3) is 0.433. The van der Waals surface area contributed by atoms with Gasteiger partial charge in [-0.2, -0.15) is 158 Å². The molecule has 8 bridgehead atoms. The summed E-state index contributed by atoms with van der Waals surface area (Å²) in [6, 6.07) is 1.82. The standard InChI is InChI=1S/C67H41F36N10O20P/c68-56(69,70)9-120-34-28-30(36(122-11-58(74,75)76)42(128-17-64(92,93)94)40(34)126-15-62(86,87)88)50-107-48(28)105-46-23-4-2-21(1-3-22-7-113(55(116)112-54(22)115)27-6-25(26(8-114)132-27)133-134(117,118)119)5-24(23)47(104-46)106-49-29-31(37(123-12-59(77,78)79)43(129-18-65(95,96)97)41(127-16-63(89,90)91)35(29)121-10-57(71,72)73)51(108-49)110-53-33-32(52(109-50)111-53)38(124-13-60(80,81)82)44(130-19-66(98,99)100)45(131-20-67(101,102)103)39(33)125-14-61(83,84)85/h2,4-5,7,25-27,114H,6,8-20H2,(H,112,115,116)(H2,117,118,119)(H2,104,105,106,107,108,109,110,111)/t25-,26+,27+/m0/s1. The number of fused-ring (bicyclic) bond motifs is 20. The van der Waals surface area contributed by atoms with Gasteiger partial charge in [-0.15, -0.1) is 0 Å². The summed E-state index contributed by atoms with van der Waals surface area (Å²) in [5, 5.41) is 1.74. The highest BCUT2D eigenvalue weighted by Gasteiger charge is 2.49. The quantitative estimate of drug-likeness (QED) is 0.0151. The zero-order valence-corrected chi connectivity index (χ0v) is 64.8. The van der Waals surface area contributed by atoms with Gasteiger partial charge in [0.1, 0.15) is 46.6 Å². The van der Waals surface area contributed by atoms with Gasteiger partial charge in [-0.05, 0) is 18.2 Å². The van der Waals surface area contributed by atoms with E-state index in [-0.39, 0.29) is 0 Å². The number of halogens is 36. The van der Waals surface area contributed by atoms with Crippen molar-refractivity contribution < 1.29 is 244 Å². The number of alkyl halides is 36. The minimum Gasteiger partial charge on any atom is -0.479 e. The Kier molecular flexibility index (Phi) is 28.0. The van der Waals surface area contributed by atoms with E-state index in [1.54, 1.807) is 4.98 Å². The Morgan fingerprint density at radius 3 is 0.925 bits per heavy atom. The second-order valence-corrected chi connectivity index (χ2v) is 28.2. The first-order chi connectivity index (χ1) is 61.3. The molecule has 0 saturated carbocycles. The fourth-order valence-corrected chi connectivity index (χ4v) is 12.6. The molecule has 736 valence electrons. The number of hydrogen-bond acceptors (Lipinski definition) is 24. The molecule has 8 aromatic rings. The zero-order valence-electron chi connectivity index (χ0n) is 63.9. The highest BCUT2D eigenvalue weighted by Crippen LogP contribution is 2.62. The summed E-state index contributed by atoms with van der Waals surface area (Å²) >= 11 is 0. The van der Waals surface area contributed by atoms with Crippen LogP contribution < -0.4 is 68.1 Å². The van der Waals surface area contributed by atoms with Gasteiger partial charge in [-0.3, -0.25) is 18.9 Å². The van der Waals surface area contributed by atoms with Crippen molar-refractivity contribution in [1.82, 2.24) is 49.4 Å². The maximum Gasteiger partial charge on any atom is 0.469 e. The molecule has 1 saturated heterocycles. The molecule has 4 aromatic carbocycles. The van der Waals surface area contributed by atoms with Crippen LogP contribution in [0, 0.1) is 11.8 Å². The van der Waals surface area contributed by atoms with Crippen molar-refractivity contribution in [3.8, 4) is 126 Å². The second kappa shape index (κ2) is 36.8. The molecule has 11 rings (SSSR count). The smallest absolute Gasteiger partial charge is 0.469 e. The Morgan fingerprint density at radius 1 is 0.366 bits per heavy atom. The Morgan fingerprint density at radius 2 is 0.634 bits per heavy atom. The topological polar surface area (TPSA) is 371 Å². The van der Waals surface area contributed by atoms with Crippen LogP contribution >= 0.6 is 7.82 Å². The van der Waals surface area contributed by atoms with Gasteiger partial charge in [0, 0.05) is 29.3 Å². The van der Waals surface area contributed by atoms with E-state index >= 15 is 0 Å². The molecule has 0 amide bonds. The summed E-state index contributed by atoms with van der Waals surface area (Å²) < 4.78 is 608. The average Bonchev–Trinajstić information content (AvgIpc) is 1.56. The third-order valence-electron chi connectivity index (χ3n) is 16.4. The first-order valence-electron chi connectivity index (χ1n) is 35.2. The number of ether oxygens (including phenoxy) is 13. The lowest BCUT2D eigenvalue weighted by Gasteiger charge is -2.24. The number of aliphatic hydroxyl groups excluding tert-OH is 1. The molecule has 3 aliphatic heterocycles. The number of rotatable bonds is 28. The maximum atomic E-state index is 14.9. The van der Waals surface area contributed by atoms with Crippen LogP contribution in [0.1, 0.15) is 23.8 Å². The van der Waals surface area contributed by atoms with E-state index in [2.05, 4.69) is 74.7 Å². The van der Waals surface area contributed by atoms with Crippen molar-refractivity contribution in [1.29, 1.82) is 0 Å². The number of phosphoric acid groups is 1. The van der Waals surface area contributed by atoms with Gasteiger partial charge in [0.15, 0.2) is 137 Å². The highest BCUT2D eigenvalue weighted by molar-refractivity contribution is 7.46. The Hall–Kier alpha value is -12.4. The Labute approximate surface area is 711 Å². The first-order valence-corrected chi connectivity index (χ1v) is 36.7. The lowest BCUT2D eigenvalue weighted by Crippen LogP contribution is -2.33. The molecular formula is C67H41F36N10O20P. The minimum absolute atomic E-state index is 0.458. The summed E-state index contributed by atoms with van der Waals surface area (Å²) in [6.07, 6.45) is -78.2. The van der Waals surface area contributed by atoms with Crippen LogP contribution in [0.3, 0.4) is 0 Å². The predicted molar refractivity (Wildman–Crippen MR) is 364 cm³/mol. The van der Waals surface area contributed by atoms with Crippen LogP contribution in [-0.4, -0.2) is 237 Å². The Bertz CT molecular complexity index is 6200. The minimum atomic E-state index is -6.15. The molecule has 1 fully saturated rings. The van der Waals surface area contributed by atoms with E-state index in [4.69, 9.17) is 33.2 Å². The van der Waals surface area contributed by atoms with Crippen LogP contribution in [0.15, 0.2) is 34.0 Å². The first kappa shape index (κ1) is 102. The van der Waals surface area contributed by atoms with Crippen molar-refractivity contribution in [3.63, 3.8) is 0 Å². The fourth-order valence-electron chi connectivity index (χ4n) is 12.0. The summed E-state index contributed by atoms with van der Waals surface area (Å²) in [4.78, 5) is 74.3. The van der Waals surface area contributed by atoms with Gasteiger partial charge < -0.3 is 86.4 Å². The molecule has 0 spiro atoms. The van der Waals surface area contributed by atoms with Crippen LogP contribution in [0.5, 0.6) is 69.0 Å². The molecule has 6 N–H and O–H groups in total. The SMILES string of the molecule is O=c1[nH]c(=O)n([C@H]2C[C@H](OP(=O)(O)O)[C@@H](CO)O2)cc1C#Cc1ccc2c(c1)-c1nc-2nc2[nH]c(nc3nc(nc4[nH]c(n1)c1c(OCC(F)(F)F)c(OCC(F)(F)F)c(OCC(F)(F)F)c(OCC(F)(F)F)c41)-c1c(OCC(F)(F)F)c(OCC(F)(F)F)c(OCC(F)(F)F)c(OCC(F)(F)F)c1-3)c1c(OCC(F)(F)F)c(OCC(F)(F)F)c(OCC(F)(F)F)c(OCC(F)(F)F)c21. The summed E-state index contributed by atoms with van der Waals surface area (Å²) in [5.74, 6) is -33.2. The van der Waals surface area contributed by atoms with Gasteiger partial charge in [-0.1, -0.05) is 11.8 Å². The number of aromatic nitrogens is 10. The number of benzene rings is 4. The van der Waals surface area contributed by atoms with Gasteiger partial charge in [0.05, 0.1) is 39.3 Å². The van der Waals surface area contributed by atoms with Crippen LogP contribution in [0.4, 0.5) is 158 Å². The summed E-state index contributed by atoms with van der Waals surface area (Å²) in [6.45, 7) is -38.9. The number of hydrogen-bond donors (Lipinski definition) is 6. The molecule has 134 heavy (non-hydrogen) atoms. The molecular weight excluding hydrogens is 1980 g/mol.